The summed E-state index contributed by atoms with van der Waals surface area (Å²) in [6.07, 6.45) is 0.0568. The lowest BCUT2D eigenvalue weighted by Crippen LogP contribution is -2.01. The summed E-state index contributed by atoms with van der Waals surface area (Å²) in [7, 11) is 0. The first kappa shape index (κ1) is 13.8. The zero-order valence-corrected chi connectivity index (χ0v) is 10.1. The Morgan fingerprint density at radius 3 is 2.50 bits per heavy atom. The average molecular weight is 246 g/mol. The van der Waals surface area contributed by atoms with E-state index in [9.17, 15) is 9.59 Å². The van der Waals surface area contributed by atoms with Crippen LogP contribution in [-0.2, 0) is 20.7 Å². The first-order valence-electron chi connectivity index (χ1n) is 5.57. The van der Waals surface area contributed by atoms with E-state index in [1.165, 1.54) is 0 Å². The number of carboxylic acid groups (broad SMARTS) is 1. The Hall–Kier alpha value is -2.28. The molecule has 4 nitrogen and oxygen atoms in total. The van der Waals surface area contributed by atoms with Gasteiger partial charge in [-0.05, 0) is 24.6 Å². The SMILES string of the molecule is CCOC(=O)CC#Cc1ccc(CC(=O)O)cc1. The zero-order chi connectivity index (χ0) is 13.4. The molecule has 18 heavy (non-hydrogen) atoms. The smallest absolute Gasteiger partial charge is 0.317 e. The van der Waals surface area contributed by atoms with Crippen LogP contribution in [0.2, 0.25) is 0 Å². The lowest BCUT2D eigenvalue weighted by Gasteiger charge is -1.97. The fraction of sp³-hybridized carbons (Fsp3) is 0.286. The molecule has 94 valence electrons. The van der Waals surface area contributed by atoms with Crippen LogP contribution in [0.5, 0.6) is 0 Å². The first-order valence-corrected chi connectivity index (χ1v) is 5.57. The predicted molar refractivity (Wildman–Crippen MR) is 65.9 cm³/mol. The number of carboxylic acids is 1. The van der Waals surface area contributed by atoms with Gasteiger partial charge in [0.05, 0.1) is 13.0 Å². The van der Waals surface area contributed by atoms with Gasteiger partial charge < -0.3 is 9.84 Å². The van der Waals surface area contributed by atoms with Crippen LogP contribution in [0, 0.1) is 11.8 Å². The molecule has 0 radical (unpaired) electrons. The van der Waals surface area contributed by atoms with Crippen LogP contribution >= 0.6 is 0 Å². The minimum atomic E-state index is -0.865. The van der Waals surface area contributed by atoms with Gasteiger partial charge in [-0.1, -0.05) is 24.0 Å². The number of hydrogen-bond donors (Lipinski definition) is 1. The topological polar surface area (TPSA) is 63.6 Å². The van der Waals surface area contributed by atoms with E-state index in [1.54, 1.807) is 31.2 Å². The molecule has 0 heterocycles. The van der Waals surface area contributed by atoms with Crippen LogP contribution < -0.4 is 0 Å². The van der Waals surface area contributed by atoms with E-state index in [2.05, 4.69) is 11.8 Å². The molecule has 0 aliphatic carbocycles. The van der Waals surface area contributed by atoms with Crippen molar-refractivity contribution in [3.63, 3.8) is 0 Å². The Morgan fingerprint density at radius 2 is 1.94 bits per heavy atom. The minimum Gasteiger partial charge on any atom is -0.481 e. The van der Waals surface area contributed by atoms with E-state index in [0.717, 1.165) is 11.1 Å². The summed E-state index contributed by atoms with van der Waals surface area (Å²) >= 11 is 0. The van der Waals surface area contributed by atoms with Crippen LogP contribution in [0.25, 0.3) is 0 Å². The standard InChI is InChI=1S/C14H14O4/c1-2-18-14(17)5-3-4-11-6-8-12(9-7-11)10-13(15)16/h6-9H,2,5,10H2,1H3,(H,15,16). The largest absolute Gasteiger partial charge is 0.481 e. The highest BCUT2D eigenvalue weighted by Crippen LogP contribution is 2.04. The van der Waals surface area contributed by atoms with Gasteiger partial charge in [0.15, 0.2) is 0 Å². The van der Waals surface area contributed by atoms with Crippen molar-refractivity contribution in [1.29, 1.82) is 0 Å². The van der Waals surface area contributed by atoms with E-state index in [0.29, 0.717) is 6.61 Å². The second kappa shape index (κ2) is 7.13. The summed E-state index contributed by atoms with van der Waals surface area (Å²) in [5.41, 5.74) is 1.46. The monoisotopic (exact) mass is 246 g/mol. The van der Waals surface area contributed by atoms with Gasteiger partial charge in [-0.25, -0.2) is 0 Å². The lowest BCUT2D eigenvalue weighted by atomic mass is 10.1. The summed E-state index contributed by atoms with van der Waals surface area (Å²) in [6, 6.07) is 6.89. The second-order valence-electron chi connectivity index (χ2n) is 3.55. The average Bonchev–Trinajstić information content (AvgIpc) is 2.31. The van der Waals surface area contributed by atoms with E-state index in [1.807, 2.05) is 0 Å². The predicted octanol–water partition coefficient (Wildman–Crippen LogP) is 1.62. The molecule has 0 unspecified atom stereocenters. The Bertz CT molecular complexity index is 477. The first-order chi connectivity index (χ1) is 8.61. The quantitative estimate of drug-likeness (QED) is 0.647. The van der Waals surface area contributed by atoms with Crippen molar-refractivity contribution in [3.8, 4) is 11.8 Å². The highest BCUT2D eigenvalue weighted by molar-refractivity contribution is 5.72. The van der Waals surface area contributed by atoms with Crippen molar-refractivity contribution in [2.24, 2.45) is 0 Å². The fourth-order valence-electron chi connectivity index (χ4n) is 1.31. The van der Waals surface area contributed by atoms with Crippen LogP contribution in [0.1, 0.15) is 24.5 Å². The summed E-state index contributed by atoms with van der Waals surface area (Å²) in [5, 5.41) is 8.61. The number of benzene rings is 1. The van der Waals surface area contributed by atoms with Gasteiger partial charge in [-0.2, -0.15) is 0 Å². The van der Waals surface area contributed by atoms with E-state index in [4.69, 9.17) is 9.84 Å². The number of ether oxygens (including phenoxy) is 1. The van der Waals surface area contributed by atoms with E-state index in [-0.39, 0.29) is 18.8 Å². The summed E-state index contributed by atoms with van der Waals surface area (Å²) < 4.78 is 4.74. The van der Waals surface area contributed by atoms with E-state index >= 15 is 0 Å². The molecule has 0 atom stereocenters. The van der Waals surface area contributed by atoms with Crippen LogP contribution in [0.3, 0.4) is 0 Å². The number of carbonyl (C=O) groups excluding carboxylic acids is 1. The van der Waals surface area contributed by atoms with Crippen LogP contribution in [0.15, 0.2) is 24.3 Å². The molecular formula is C14H14O4. The maximum absolute atomic E-state index is 11.0. The Morgan fingerprint density at radius 1 is 1.28 bits per heavy atom. The molecule has 0 aliphatic heterocycles. The molecular weight excluding hydrogens is 232 g/mol. The molecule has 4 heteroatoms. The molecule has 0 amide bonds. The normalized spacial score (nSPS) is 9.17. The minimum absolute atomic E-state index is 0.00344. The maximum atomic E-state index is 11.0. The van der Waals surface area contributed by atoms with E-state index < -0.39 is 5.97 Å². The summed E-state index contributed by atoms with van der Waals surface area (Å²) in [4.78, 5) is 21.5. The van der Waals surface area contributed by atoms with Gasteiger partial charge in [0.1, 0.15) is 6.42 Å². The summed E-state index contributed by atoms with van der Waals surface area (Å²) in [6.45, 7) is 2.09. The Kier molecular flexibility index (Phi) is 5.46. The number of rotatable bonds is 4. The van der Waals surface area contributed by atoms with Crippen LogP contribution in [-0.4, -0.2) is 23.7 Å². The molecule has 1 aromatic rings. The van der Waals surface area contributed by atoms with Crippen molar-refractivity contribution in [2.45, 2.75) is 19.8 Å². The fourth-order valence-corrected chi connectivity index (χ4v) is 1.31. The number of hydrogen-bond acceptors (Lipinski definition) is 3. The Balaban J connectivity index is 2.56. The molecule has 0 saturated carbocycles. The third-order valence-corrected chi connectivity index (χ3v) is 2.08. The van der Waals surface area contributed by atoms with Gasteiger partial charge in [0, 0.05) is 5.56 Å². The molecule has 1 rings (SSSR count). The molecule has 0 saturated heterocycles. The molecule has 1 aromatic carbocycles. The molecule has 0 bridgehead atoms. The third-order valence-electron chi connectivity index (χ3n) is 2.08. The van der Waals surface area contributed by atoms with Gasteiger partial charge in [-0.3, -0.25) is 9.59 Å². The van der Waals surface area contributed by atoms with Crippen molar-refractivity contribution in [3.05, 3.63) is 35.4 Å². The maximum Gasteiger partial charge on any atom is 0.317 e. The lowest BCUT2D eigenvalue weighted by molar-refractivity contribution is -0.142. The van der Waals surface area contributed by atoms with Crippen molar-refractivity contribution < 1.29 is 19.4 Å². The third kappa shape index (κ3) is 5.17. The number of carbonyl (C=O) groups is 2. The number of aliphatic carboxylic acids is 1. The molecule has 0 spiro atoms. The zero-order valence-electron chi connectivity index (χ0n) is 10.1. The molecule has 0 aromatic heterocycles. The van der Waals surface area contributed by atoms with Gasteiger partial charge in [0.25, 0.3) is 0 Å². The van der Waals surface area contributed by atoms with Crippen molar-refractivity contribution in [2.75, 3.05) is 6.61 Å². The van der Waals surface area contributed by atoms with Crippen molar-refractivity contribution >= 4 is 11.9 Å². The second-order valence-corrected chi connectivity index (χ2v) is 3.55. The van der Waals surface area contributed by atoms with Gasteiger partial charge in [-0.15, -0.1) is 0 Å². The molecule has 1 N–H and O–H groups in total. The molecule has 0 fully saturated rings. The van der Waals surface area contributed by atoms with Crippen LogP contribution in [0.4, 0.5) is 0 Å². The highest BCUT2D eigenvalue weighted by Gasteiger charge is 1.99. The number of esters is 1. The summed E-state index contributed by atoms with van der Waals surface area (Å²) in [5.74, 6) is 4.32. The Labute approximate surface area is 106 Å². The van der Waals surface area contributed by atoms with Gasteiger partial charge in [0.2, 0.25) is 0 Å². The van der Waals surface area contributed by atoms with Crippen molar-refractivity contribution in [1.82, 2.24) is 0 Å². The van der Waals surface area contributed by atoms with Gasteiger partial charge >= 0.3 is 11.9 Å². The highest BCUT2D eigenvalue weighted by atomic mass is 16.5. The molecule has 0 aliphatic rings.